The first kappa shape index (κ1) is 17.3. The van der Waals surface area contributed by atoms with Gasteiger partial charge in [0, 0.05) is 26.2 Å². The van der Waals surface area contributed by atoms with Gasteiger partial charge < -0.3 is 14.5 Å². The predicted molar refractivity (Wildman–Crippen MR) is 93.9 cm³/mol. The SMILES string of the molecule is CCCc1ccc(OCC)c(CCCN2CCN(C)CC2)c1. The van der Waals surface area contributed by atoms with E-state index in [1.54, 1.807) is 0 Å². The van der Waals surface area contributed by atoms with Crippen molar-refractivity contribution in [1.29, 1.82) is 0 Å². The maximum atomic E-state index is 5.81. The van der Waals surface area contributed by atoms with E-state index in [0.29, 0.717) is 0 Å². The van der Waals surface area contributed by atoms with Gasteiger partial charge in [0.1, 0.15) is 5.75 Å². The zero-order valence-electron chi connectivity index (χ0n) is 14.6. The fraction of sp³-hybridized carbons (Fsp3) is 0.684. The average Bonchev–Trinajstić information content (AvgIpc) is 2.52. The standard InChI is InChI=1S/C19H32N2O/c1-4-7-17-9-10-19(22-5-2)18(16-17)8-6-11-21-14-12-20(3)13-15-21/h9-10,16H,4-8,11-15H2,1-3H3. The molecule has 0 bridgehead atoms. The molecule has 1 aliphatic heterocycles. The van der Waals surface area contributed by atoms with E-state index in [2.05, 4.69) is 48.9 Å². The van der Waals surface area contributed by atoms with Gasteiger partial charge in [-0.25, -0.2) is 0 Å². The highest BCUT2D eigenvalue weighted by atomic mass is 16.5. The van der Waals surface area contributed by atoms with Crippen LogP contribution in [0.4, 0.5) is 0 Å². The number of aryl methyl sites for hydroxylation is 2. The molecule has 22 heavy (non-hydrogen) atoms. The molecule has 0 radical (unpaired) electrons. The summed E-state index contributed by atoms with van der Waals surface area (Å²) in [5.74, 6) is 1.08. The third-order valence-corrected chi connectivity index (χ3v) is 4.48. The highest BCUT2D eigenvalue weighted by molar-refractivity contribution is 5.37. The van der Waals surface area contributed by atoms with Gasteiger partial charge in [-0.2, -0.15) is 0 Å². The van der Waals surface area contributed by atoms with Crippen molar-refractivity contribution in [3.8, 4) is 5.75 Å². The van der Waals surface area contributed by atoms with Crippen molar-refractivity contribution in [2.75, 3.05) is 46.4 Å². The summed E-state index contributed by atoms with van der Waals surface area (Å²) in [7, 11) is 2.21. The van der Waals surface area contributed by atoms with Crippen LogP contribution in [0.5, 0.6) is 5.75 Å². The van der Waals surface area contributed by atoms with Gasteiger partial charge in [0.2, 0.25) is 0 Å². The van der Waals surface area contributed by atoms with Crippen molar-refractivity contribution in [2.45, 2.75) is 39.5 Å². The number of hydrogen-bond acceptors (Lipinski definition) is 3. The van der Waals surface area contributed by atoms with Crippen molar-refractivity contribution in [3.63, 3.8) is 0 Å². The summed E-state index contributed by atoms with van der Waals surface area (Å²) in [5, 5.41) is 0. The van der Waals surface area contributed by atoms with E-state index in [-0.39, 0.29) is 0 Å². The number of benzene rings is 1. The minimum atomic E-state index is 0.749. The quantitative estimate of drug-likeness (QED) is 0.733. The molecule has 0 spiro atoms. The first-order valence-electron chi connectivity index (χ1n) is 8.88. The normalized spacial score (nSPS) is 16.9. The van der Waals surface area contributed by atoms with Crippen molar-refractivity contribution < 1.29 is 4.74 Å². The highest BCUT2D eigenvalue weighted by Gasteiger charge is 2.13. The lowest BCUT2D eigenvalue weighted by Crippen LogP contribution is -2.44. The maximum absolute atomic E-state index is 5.81. The first-order chi connectivity index (χ1) is 10.7. The van der Waals surface area contributed by atoms with Crippen molar-refractivity contribution in [3.05, 3.63) is 29.3 Å². The summed E-state index contributed by atoms with van der Waals surface area (Å²) in [6, 6.07) is 6.75. The Morgan fingerprint density at radius 3 is 2.50 bits per heavy atom. The molecule has 0 atom stereocenters. The van der Waals surface area contributed by atoms with E-state index >= 15 is 0 Å². The van der Waals surface area contributed by atoms with Crippen LogP contribution < -0.4 is 4.74 Å². The fourth-order valence-electron chi connectivity index (χ4n) is 3.13. The second-order valence-corrected chi connectivity index (χ2v) is 6.37. The van der Waals surface area contributed by atoms with Gasteiger partial charge in [0.25, 0.3) is 0 Å². The highest BCUT2D eigenvalue weighted by Crippen LogP contribution is 2.23. The Balaban J connectivity index is 1.88. The Kier molecular flexibility index (Phi) is 7.20. The monoisotopic (exact) mass is 304 g/mol. The minimum Gasteiger partial charge on any atom is -0.494 e. The zero-order chi connectivity index (χ0) is 15.8. The number of nitrogens with zero attached hydrogens (tertiary/aromatic N) is 2. The molecule has 3 heteroatoms. The third kappa shape index (κ3) is 5.29. The largest absolute Gasteiger partial charge is 0.494 e. The summed E-state index contributed by atoms with van der Waals surface area (Å²) in [6.45, 7) is 11.1. The van der Waals surface area contributed by atoms with Gasteiger partial charge in [-0.05, 0) is 57.0 Å². The number of rotatable bonds is 8. The van der Waals surface area contributed by atoms with Gasteiger partial charge >= 0.3 is 0 Å². The number of piperazine rings is 1. The molecule has 0 unspecified atom stereocenters. The summed E-state index contributed by atoms with van der Waals surface area (Å²) < 4.78 is 5.81. The van der Waals surface area contributed by atoms with Gasteiger partial charge in [0.05, 0.1) is 6.61 Å². The van der Waals surface area contributed by atoms with Crippen molar-refractivity contribution in [1.82, 2.24) is 9.80 Å². The number of ether oxygens (including phenoxy) is 1. The molecule has 0 N–H and O–H groups in total. The summed E-state index contributed by atoms with van der Waals surface area (Å²) in [5.41, 5.74) is 2.84. The molecule has 1 saturated heterocycles. The molecule has 1 fully saturated rings. The van der Waals surface area contributed by atoms with Crippen LogP contribution in [0.2, 0.25) is 0 Å². The predicted octanol–water partition coefficient (Wildman–Crippen LogP) is 3.22. The second-order valence-electron chi connectivity index (χ2n) is 6.37. The molecule has 1 heterocycles. The van der Waals surface area contributed by atoms with E-state index in [0.717, 1.165) is 25.2 Å². The van der Waals surface area contributed by atoms with E-state index in [1.165, 1.54) is 56.7 Å². The summed E-state index contributed by atoms with van der Waals surface area (Å²) >= 11 is 0. The van der Waals surface area contributed by atoms with Crippen LogP contribution in [0, 0.1) is 0 Å². The van der Waals surface area contributed by atoms with Crippen molar-refractivity contribution >= 4 is 0 Å². The lowest BCUT2D eigenvalue weighted by atomic mass is 10.0. The average molecular weight is 304 g/mol. The molecule has 2 rings (SSSR count). The Labute approximate surface area is 136 Å². The van der Waals surface area contributed by atoms with E-state index in [1.807, 2.05) is 0 Å². The molecule has 0 amide bonds. The van der Waals surface area contributed by atoms with Crippen LogP contribution in [-0.2, 0) is 12.8 Å². The molecular weight excluding hydrogens is 272 g/mol. The Morgan fingerprint density at radius 2 is 1.82 bits per heavy atom. The molecule has 1 aliphatic rings. The van der Waals surface area contributed by atoms with Gasteiger partial charge in [-0.1, -0.05) is 25.5 Å². The van der Waals surface area contributed by atoms with Crippen molar-refractivity contribution in [2.24, 2.45) is 0 Å². The van der Waals surface area contributed by atoms with E-state index in [4.69, 9.17) is 4.74 Å². The van der Waals surface area contributed by atoms with Gasteiger partial charge in [-0.3, -0.25) is 0 Å². The van der Waals surface area contributed by atoms with Gasteiger partial charge in [-0.15, -0.1) is 0 Å². The minimum absolute atomic E-state index is 0.749. The molecule has 0 aliphatic carbocycles. The molecule has 124 valence electrons. The zero-order valence-corrected chi connectivity index (χ0v) is 14.6. The Bertz CT molecular complexity index is 439. The Morgan fingerprint density at radius 1 is 1.05 bits per heavy atom. The molecule has 1 aromatic carbocycles. The van der Waals surface area contributed by atoms with Crippen LogP contribution in [-0.4, -0.2) is 56.2 Å². The fourth-order valence-corrected chi connectivity index (χ4v) is 3.13. The molecule has 0 saturated carbocycles. The molecule has 1 aromatic rings. The van der Waals surface area contributed by atoms with Crippen LogP contribution in [0.25, 0.3) is 0 Å². The third-order valence-electron chi connectivity index (χ3n) is 4.48. The van der Waals surface area contributed by atoms with E-state index < -0.39 is 0 Å². The smallest absolute Gasteiger partial charge is 0.122 e. The van der Waals surface area contributed by atoms with Crippen LogP contribution in [0.15, 0.2) is 18.2 Å². The topological polar surface area (TPSA) is 15.7 Å². The number of likely N-dealkylation sites (N-methyl/N-ethyl adjacent to an activating group) is 1. The van der Waals surface area contributed by atoms with Crippen LogP contribution in [0.1, 0.15) is 37.8 Å². The Hall–Kier alpha value is -1.06. The summed E-state index contributed by atoms with van der Waals surface area (Å²) in [4.78, 5) is 5.01. The molecule has 3 nitrogen and oxygen atoms in total. The van der Waals surface area contributed by atoms with Gasteiger partial charge in [0.15, 0.2) is 0 Å². The maximum Gasteiger partial charge on any atom is 0.122 e. The molecular formula is C19H32N2O. The van der Waals surface area contributed by atoms with Crippen LogP contribution >= 0.6 is 0 Å². The lowest BCUT2D eigenvalue weighted by molar-refractivity contribution is 0.153. The number of hydrogen-bond donors (Lipinski definition) is 0. The van der Waals surface area contributed by atoms with E-state index in [9.17, 15) is 0 Å². The summed E-state index contributed by atoms with van der Waals surface area (Å²) in [6.07, 6.45) is 4.71. The lowest BCUT2D eigenvalue weighted by Gasteiger charge is -2.32. The first-order valence-corrected chi connectivity index (χ1v) is 8.88. The second kappa shape index (κ2) is 9.16. The molecule has 0 aromatic heterocycles. The van der Waals surface area contributed by atoms with Crippen LogP contribution in [0.3, 0.4) is 0 Å².